The van der Waals surface area contributed by atoms with Gasteiger partial charge in [-0.3, -0.25) is 14.5 Å². The summed E-state index contributed by atoms with van der Waals surface area (Å²) in [6.45, 7) is 2.37. The van der Waals surface area contributed by atoms with E-state index in [4.69, 9.17) is 10.5 Å². The first-order valence-corrected chi connectivity index (χ1v) is 5.98. The summed E-state index contributed by atoms with van der Waals surface area (Å²) in [5.74, 6) is 0.0274. The molecule has 1 unspecified atom stereocenters. The Hall–Kier alpha value is -2.04. The zero-order valence-corrected chi connectivity index (χ0v) is 10.3. The molecule has 1 aliphatic rings. The minimum Gasteiger partial charge on any atom is -0.492 e. The Labute approximate surface area is 106 Å². The van der Waals surface area contributed by atoms with Crippen LogP contribution in [0.3, 0.4) is 0 Å². The SMILES string of the molecule is CCOc1ccccc1N1C(=O)CCC1C(N)=O. The van der Waals surface area contributed by atoms with Crippen LogP contribution in [0.25, 0.3) is 0 Å². The van der Waals surface area contributed by atoms with E-state index in [1.54, 1.807) is 12.1 Å². The van der Waals surface area contributed by atoms with Gasteiger partial charge >= 0.3 is 0 Å². The van der Waals surface area contributed by atoms with E-state index in [-0.39, 0.29) is 5.91 Å². The molecule has 1 aromatic carbocycles. The summed E-state index contributed by atoms with van der Waals surface area (Å²) >= 11 is 0. The third kappa shape index (κ3) is 2.16. The fraction of sp³-hybridized carbons (Fsp3) is 0.385. The Kier molecular flexibility index (Phi) is 3.50. The van der Waals surface area contributed by atoms with Crippen LogP contribution in [0.4, 0.5) is 5.69 Å². The van der Waals surface area contributed by atoms with Crippen molar-refractivity contribution in [1.82, 2.24) is 0 Å². The van der Waals surface area contributed by atoms with Gasteiger partial charge < -0.3 is 10.5 Å². The van der Waals surface area contributed by atoms with Gasteiger partial charge in [-0.25, -0.2) is 0 Å². The van der Waals surface area contributed by atoms with E-state index in [1.165, 1.54) is 4.90 Å². The summed E-state index contributed by atoms with van der Waals surface area (Å²) < 4.78 is 5.48. The van der Waals surface area contributed by atoms with Crippen molar-refractivity contribution in [2.45, 2.75) is 25.8 Å². The second-order valence-corrected chi connectivity index (χ2v) is 4.12. The van der Waals surface area contributed by atoms with Gasteiger partial charge in [0.2, 0.25) is 11.8 Å². The zero-order chi connectivity index (χ0) is 13.1. The molecule has 2 amide bonds. The van der Waals surface area contributed by atoms with Crippen molar-refractivity contribution in [3.63, 3.8) is 0 Å². The molecule has 1 fully saturated rings. The van der Waals surface area contributed by atoms with E-state index in [0.717, 1.165) is 0 Å². The average molecular weight is 248 g/mol. The minimum atomic E-state index is -0.570. The van der Waals surface area contributed by atoms with Gasteiger partial charge in [-0.2, -0.15) is 0 Å². The van der Waals surface area contributed by atoms with E-state index in [2.05, 4.69) is 0 Å². The number of rotatable bonds is 4. The molecule has 0 saturated carbocycles. The number of hydrogen-bond acceptors (Lipinski definition) is 3. The highest BCUT2D eigenvalue weighted by Gasteiger charge is 2.37. The maximum Gasteiger partial charge on any atom is 0.240 e. The quantitative estimate of drug-likeness (QED) is 0.866. The summed E-state index contributed by atoms with van der Waals surface area (Å²) in [6, 6.07) is 6.61. The number of amides is 2. The van der Waals surface area contributed by atoms with Crippen molar-refractivity contribution in [3.05, 3.63) is 24.3 Å². The fourth-order valence-electron chi connectivity index (χ4n) is 2.19. The Bertz CT molecular complexity index is 473. The first-order chi connectivity index (χ1) is 8.65. The normalized spacial score (nSPS) is 19.1. The topological polar surface area (TPSA) is 72.6 Å². The third-order valence-corrected chi connectivity index (χ3v) is 2.97. The zero-order valence-electron chi connectivity index (χ0n) is 10.3. The van der Waals surface area contributed by atoms with Gasteiger partial charge in [0, 0.05) is 6.42 Å². The van der Waals surface area contributed by atoms with E-state index < -0.39 is 11.9 Å². The molecule has 0 aliphatic carbocycles. The maximum absolute atomic E-state index is 11.9. The van der Waals surface area contributed by atoms with Crippen molar-refractivity contribution in [1.29, 1.82) is 0 Å². The van der Waals surface area contributed by atoms with Gasteiger partial charge in [0.05, 0.1) is 12.3 Å². The largest absolute Gasteiger partial charge is 0.492 e. The van der Waals surface area contributed by atoms with E-state index >= 15 is 0 Å². The van der Waals surface area contributed by atoms with Crippen LogP contribution >= 0.6 is 0 Å². The summed E-state index contributed by atoms with van der Waals surface area (Å²) in [4.78, 5) is 24.7. The molecular weight excluding hydrogens is 232 g/mol. The van der Waals surface area contributed by atoms with Crippen molar-refractivity contribution < 1.29 is 14.3 Å². The number of ether oxygens (including phenoxy) is 1. The van der Waals surface area contributed by atoms with Crippen LogP contribution in [-0.4, -0.2) is 24.5 Å². The van der Waals surface area contributed by atoms with Crippen molar-refractivity contribution >= 4 is 17.5 Å². The molecule has 0 radical (unpaired) electrons. The molecule has 18 heavy (non-hydrogen) atoms. The lowest BCUT2D eigenvalue weighted by molar-refractivity contribution is -0.121. The second-order valence-electron chi connectivity index (χ2n) is 4.12. The predicted octanol–water partition coefficient (Wildman–Crippen LogP) is 1.07. The van der Waals surface area contributed by atoms with Gasteiger partial charge in [0.15, 0.2) is 0 Å². The van der Waals surface area contributed by atoms with E-state index in [9.17, 15) is 9.59 Å². The molecule has 1 heterocycles. The molecule has 1 aliphatic heterocycles. The van der Waals surface area contributed by atoms with Crippen molar-refractivity contribution in [2.75, 3.05) is 11.5 Å². The number of carbonyl (C=O) groups is 2. The van der Waals surface area contributed by atoms with Gasteiger partial charge in [-0.1, -0.05) is 12.1 Å². The molecule has 96 valence electrons. The molecule has 0 bridgehead atoms. The van der Waals surface area contributed by atoms with Crippen LogP contribution in [-0.2, 0) is 9.59 Å². The van der Waals surface area contributed by atoms with Crippen LogP contribution < -0.4 is 15.4 Å². The standard InChI is InChI=1S/C13H16N2O3/c1-2-18-11-6-4-3-5-9(11)15-10(13(14)17)7-8-12(15)16/h3-6,10H,2,7-8H2,1H3,(H2,14,17). The molecular formula is C13H16N2O3. The molecule has 1 aromatic rings. The lowest BCUT2D eigenvalue weighted by Gasteiger charge is -2.24. The monoisotopic (exact) mass is 248 g/mol. The number of anilines is 1. The third-order valence-electron chi connectivity index (χ3n) is 2.97. The predicted molar refractivity (Wildman–Crippen MR) is 67.3 cm³/mol. The van der Waals surface area contributed by atoms with Gasteiger partial charge in [0.25, 0.3) is 0 Å². The average Bonchev–Trinajstić information content (AvgIpc) is 2.72. The molecule has 2 rings (SSSR count). The lowest BCUT2D eigenvalue weighted by atomic mass is 10.2. The summed E-state index contributed by atoms with van der Waals surface area (Å²) in [6.07, 6.45) is 0.808. The van der Waals surface area contributed by atoms with Crippen LogP contribution in [0.1, 0.15) is 19.8 Å². The van der Waals surface area contributed by atoms with Crippen molar-refractivity contribution in [2.24, 2.45) is 5.73 Å². The Balaban J connectivity index is 2.39. The molecule has 5 heteroatoms. The number of carbonyl (C=O) groups excluding carboxylic acids is 2. The number of hydrogen-bond donors (Lipinski definition) is 1. The van der Waals surface area contributed by atoms with Crippen molar-refractivity contribution in [3.8, 4) is 5.75 Å². The Morgan fingerprint density at radius 3 is 2.89 bits per heavy atom. The minimum absolute atomic E-state index is 0.0917. The van der Waals surface area contributed by atoms with Gasteiger partial charge in [0.1, 0.15) is 11.8 Å². The van der Waals surface area contributed by atoms with Crippen LogP contribution in [0.5, 0.6) is 5.75 Å². The summed E-state index contributed by atoms with van der Waals surface area (Å²) in [5.41, 5.74) is 5.95. The Morgan fingerprint density at radius 2 is 2.22 bits per heavy atom. The maximum atomic E-state index is 11.9. The van der Waals surface area contributed by atoms with Crippen LogP contribution in [0, 0.1) is 0 Å². The van der Waals surface area contributed by atoms with Crippen LogP contribution in [0.2, 0.25) is 0 Å². The summed E-state index contributed by atoms with van der Waals surface area (Å²) in [5, 5.41) is 0. The summed E-state index contributed by atoms with van der Waals surface area (Å²) in [7, 11) is 0. The molecule has 1 atom stereocenters. The first kappa shape index (κ1) is 12.4. The number of nitrogens with zero attached hydrogens (tertiary/aromatic N) is 1. The first-order valence-electron chi connectivity index (χ1n) is 5.98. The molecule has 5 nitrogen and oxygen atoms in total. The molecule has 0 spiro atoms. The second kappa shape index (κ2) is 5.08. The number of para-hydroxylation sites is 2. The van der Waals surface area contributed by atoms with Gasteiger partial charge in [-0.05, 0) is 25.5 Å². The van der Waals surface area contributed by atoms with Gasteiger partial charge in [-0.15, -0.1) is 0 Å². The molecule has 2 N–H and O–H groups in total. The number of primary amides is 1. The van der Waals surface area contributed by atoms with E-state index in [1.807, 2.05) is 19.1 Å². The highest BCUT2D eigenvalue weighted by Crippen LogP contribution is 2.34. The highest BCUT2D eigenvalue weighted by molar-refractivity contribution is 6.04. The number of benzene rings is 1. The highest BCUT2D eigenvalue weighted by atomic mass is 16.5. The van der Waals surface area contributed by atoms with E-state index in [0.29, 0.717) is 30.9 Å². The fourth-order valence-corrected chi connectivity index (χ4v) is 2.19. The van der Waals surface area contributed by atoms with Crippen LogP contribution in [0.15, 0.2) is 24.3 Å². The number of nitrogens with two attached hydrogens (primary N) is 1. The lowest BCUT2D eigenvalue weighted by Crippen LogP contribution is -2.42. The molecule has 1 saturated heterocycles. The molecule has 0 aromatic heterocycles. The Morgan fingerprint density at radius 1 is 1.50 bits per heavy atom. The smallest absolute Gasteiger partial charge is 0.240 e.